The van der Waals surface area contributed by atoms with Gasteiger partial charge < -0.3 is 9.64 Å². The molecule has 0 spiro atoms. The van der Waals surface area contributed by atoms with Crippen LogP contribution in [0, 0.1) is 0 Å². The molecule has 0 unspecified atom stereocenters. The zero-order valence-electron chi connectivity index (χ0n) is 14.8. The van der Waals surface area contributed by atoms with Crippen molar-refractivity contribution in [3.8, 4) is 5.69 Å². The summed E-state index contributed by atoms with van der Waals surface area (Å²) in [6, 6.07) is 6.00. The number of nitrogens with zero attached hydrogens (tertiary/aromatic N) is 3. The number of carbonyl (C=O) groups excluding carboxylic acids is 1. The first kappa shape index (κ1) is 18.1. The molecule has 0 radical (unpaired) electrons. The molecule has 6 nitrogen and oxygen atoms in total. The summed E-state index contributed by atoms with van der Waals surface area (Å²) >= 11 is 0. The quantitative estimate of drug-likeness (QED) is 0.820. The highest BCUT2D eigenvalue weighted by Gasteiger charge is 2.36. The number of aromatic nitrogens is 2. The summed E-state index contributed by atoms with van der Waals surface area (Å²) in [6.07, 6.45) is -5.16. The fourth-order valence-electron chi connectivity index (χ4n) is 2.82. The maximum Gasteiger partial charge on any atom is 0.435 e. The normalized spacial score (nSPS) is 13.9. The largest absolute Gasteiger partial charge is 0.444 e. The smallest absolute Gasteiger partial charge is 0.435 e. The number of benzene rings is 1. The molecule has 3 rings (SSSR count). The lowest BCUT2D eigenvalue weighted by molar-refractivity contribution is -0.141. The molecule has 1 aliphatic heterocycles. The highest BCUT2D eigenvalue weighted by atomic mass is 19.4. The highest BCUT2D eigenvalue weighted by Crippen LogP contribution is 2.39. The van der Waals surface area contributed by atoms with Crippen LogP contribution < -0.4 is 10.2 Å². The van der Waals surface area contributed by atoms with Gasteiger partial charge in [0, 0.05) is 7.05 Å². The predicted octanol–water partition coefficient (Wildman–Crippen LogP) is 4.19. The topological polar surface area (TPSA) is 59.4 Å². The third-order valence-corrected chi connectivity index (χ3v) is 3.73. The van der Waals surface area contributed by atoms with E-state index in [4.69, 9.17) is 4.74 Å². The molecule has 1 aromatic carbocycles. The van der Waals surface area contributed by atoms with Crippen molar-refractivity contribution in [3.05, 3.63) is 35.7 Å². The van der Waals surface area contributed by atoms with Gasteiger partial charge in [0.1, 0.15) is 5.60 Å². The predicted molar refractivity (Wildman–Crippen MR) is 90.5 cm³/mol. The van der Waals surface area contributed by atoms with E-state index < -0.39 is 23.6 Å². The number of ether oxygens (including phenoxy) is 1. The second kappa shape index (κ2) is 5.93. The lowest BCUT2D eigenvalue weighted by Gasteiger charge is -2.30. The second-order valence-corrected chi connectivity index (χ2v) is 7.09. The zero-order valence-corrected chi connectivity index (χ0v) is 14.8. The Kier molecular flexibility index (Phi) is 4.12. The van der Waals surface area contributed by atoms with Crippen LogP contribution in [-0.2, 0) is 17.5 Å². The number of hydrogen-bond donors (Lipinski definition) is 1. The maximum atomic E-state index is 13.0. The number of alkyl halides is 3. The Hall–Kier alpha value is -2.71. The van der Waals surface area contributed by atoms with Crippen molar-refractivity contribution in [2.24, 2.45) is 0 Å². The van der Waals surface area contributed by atoms with E-state index in [0.29, 0.717) is 22.8 Å². The molecule has 2 heterocycles. The average Bonchev–Trinajstić information content (AvgIpc) is 2.89. The molecular formula is C17H19F3N4O2. The third kappa shape index (κ3) is 3.47. The minimum absolute atomic E-state index is 0.225. The molecule has 1 aromatic heterocycles. The van der Waals surface area contributed by atoms with Crippen LogP contribution >= 0.6 is 0 Å². The van der Waals surface area contributed by atoms with E-state index >= 15 is 0 Å². The van der Waals surface area contributed by atoms with Crippen LogP contribution in [0.15, 0.2) is 24.3 Å². The SMILES string of the molecule is CN1Cc2cc(C(F)(F)F)nn2-c2cccc(NC(=O)OC(C)(C)C)c21. The lowest BCUT2D eigenvalue weighted by atomic mass is 10.1. The summed E-state index contributed by atoms with van der Waals surface area (Å²) in [5.41, 5.74) is 0.275. The van der Waals surface area contributed by atoms with Crippen LogP contribution in [-0.4, -0.2) is 28.5 Å². The van der Waals surface area contributed by atoms with E-state index in [-0.39, 0.29) is 6.54 Å². The zero-order chi connectivity index (χ0) is 19.3. The van der Waals surface area contributed by atoms with Crippen molar-refractivity contribution in [1.82, 2.24) is 9.78 Å². The summed E-state index contributed by atoms with van der Waals surface area (Å²) in [5.74, 6) is 0. The molecule has 9 heteroatoms. The van der Waals surface area contributed by atoms with Crippen LogP contribution in [0.2, 0.25) is 0 Å². The number of nitrogens with one attached hydrogen (secondary N) is 1. The summed E-state index contributed by atoms with van der Waals surface area (Å²) in [6.45, 7) is 5.46. The van der Waals surface area contributed by atoms with Gasteiger partial charge in [0.05, 0.1) is 29.3 Å². The van der Waals surface area contributed by atoms with Crippen LogP contribution in [0.25, 0.3) is 5.69 Å². The molecule has 140 valence electrons. The Morgan fingerprint density at radius 2 is 1.96 bits per heavy atom. The summed E-state index contributed by atoms with van der Waals surface area (Å²) in [7, 11) is 1.74. The van der Waals surface area contributed by atoms with Crippen molar-refractivity contribution in [1.29, 1.82) is 0 Å². The second-order valence-electron chi connectivity index (χ2n) is 7.09. The number of rotatable bonds is 1. The van der Waals surface area contributed by atoms with Gasteiger partial charge in [-0.25, -0.2) is 9.48 Å². The fourth-order valence-corrected chi connectivity index (χ4v) is 2.82. The number of amides is 1. The molecule has 0 fully saturated rings. The van der Waals surface area contributed by atoms with Gasteiger partial charge in [-0.15, -0.1) is 0 Å². The molecule has 0 saturated heterocycles. The van der Waals surface area contributed by atoms with E-state index in [1.54, 1.807) is 50.9 Å². The van der Waals surface area contributed by atoms with Crippen molar-refractivity contribution in [2.45, 2.75) is 39.1 Å². The Bertz CT molecular complexity index is 853. The van der Waals surface area contributed by atoms with Gasteiger partial charge in [0.2, 0.25) is 0 Å². The van der Waals surface area contributed by atoms with E-state index in [1.807, 2.05) is 0 Å². The Morgan fingerprint density at radius 3 is 2.58 bits per heavy atom. The summed E-state index contributed by atoms with van der Waals surface area (Å²) in [4.78, 5) is 13.8. The minimum atomic E-state index is -4.52. The minimum Gasteiger partial charge on any atom is -0.444 e. The molecule has 1 aliphatic rings. The van der Waals surface area contributed by atoms with Crippen LogP contribution in [0.3, 0.4) is 0 Å². The number of para-hydroxylation sites is 1. The Labute approximate surface area is 148 Å². The number of fused-ring (bicyclic) bond motifs is 3. The molecule has 0 atom stereocenters. The number of carbonyl (C=O) groups is 1. The molecular weight excluding hydrogens is 349 g/mol. The lowest BCUT2D eigenvalue weighted by Crippen LogP contribution is -2.30. The Balaban J connectivity index is 2.00. The monoisotopic (exact) mass is 368 g/mol. The molecule has 26 heavy (non-hydrogen) atoms. The number of halogens is 3. The number of hydrogen-bond acceptors (Lipinski definition) is 4. The van der Waals surface area contributed by atoms with Gasteiger partial charge in [-0.05, 0) is 39.0 Å². The van der Waals surface area contributed by atoms with E-state index in [9.17, 15) is 18.0 Å². The molecule has 1 N–H and O–H groups in total. The molecule has 2 aromatic rings. The third-order valence-electron chi connectivity index (χ3n) is 3.73. The van der Waals surface area contributed by atoms with Gasteiger partial charge >= 0.3 is 12.3 Å². The average molecular weight is 368 g/mol. The van der Waals surface area contributed by atoms with Gasteiger partial charge in [-0.3, -0.25) is 5.32 Å². The van der Waals surface area contributed by atoms with E-state index in [1.165, 1.54) is 4.68 Å². The molecule has 0 saturated carbocycles. The van der Waals surface area contributed by atoms with Crippen LogP contribution in [0.1, 0.15) is 32.2 Å². The summed E-state index contributed by atoms with van der Waals surface area (Å²) in [5, 5.41) is 6.36. The summed E-state index contributed by atoms with van der Waals surface area (Å²) < 4.78 is 45.5. The number of anilines is 2. The molecule has 1 amide bonds. The first-order valence-electron chi connectivity index (χ1n) is 7.96. The maximum absolute atomic E-state index is 13.0. The Morgan fingerprint density at radius 1 is 1.27 bits per heavy atom. The van der Waals surface area contributed by atoms with E-state index in [2.05, 4.69) is 10.4 Å². The first-order valence-corrected chi connectivity index (χ1v) is 7.96. The fraction of sp³-hybridized carbons (Fsp3) is 0.412. The highest BCUT2D eigenvalue weighted by molar-refractivity contribution is 5.92. The van der Waals surface area contributed by atoms with Crippen LogP contribution in [0.5, 0.6) is 0 Å². The van der Waals surface area contributed by atoms with Crippen LogP contribution in [0.4, 0.5) is 29.3 Å². The van der Waals surface area contributed by atoms with Crippen molar-refractivity contribution < 1.29 is 22.7 Å². The van der Waals surface area contributed by atoms with Crippen molar-refractivity contribution in [3.63, 3.8) is 0 Å². The van der Waals surface area contributed by atoms with Gasteiger partial charge in [-0.1, -0.05) is 6.07 Å². The first-order chi connectivity index (χ1) is 12.0. The standard InChI is InChI=1S/C17H19F3N4O2/c1-16(2,3)26-15(25)21-11-6-5-7-12-14(11)23(4)9-10-8-13(17(18,19)20)22-24(10)12/h5-8H,9H2,1-4H3,(H,21,25). The van der Waals surface area contributed by atoms with Crippen molar-refractivity contribution in [2.75, 3.05) is 17.3 Å². The van der Waals surface area contributed by atoms with Gasteiger partial charge in [0.15, 0.2) is 5.69 Å². The van der Waals surface area contributed by atoms with Gasteiger partial charge in [-0.2, -0.15) is 18.3 Å². The molecule has 0 aliphatic carbocycles. The van der Waals surface area contributed by atoms with Gasteiger partial charge in [0.25, 0.3) is 0 Å². The van der Waals surface area contributed by atoms with Crippen molar-refractivity contribution >= 4 is 17.5 Å². The molecule has 0 bridgehead atoms. The van der Waals surface area contributed by atoms with E-state index in [0.717, 1.165) is 6.07 Å².